The monoisotopic (exact) mass is 314 g/mol. The van der Waals surface area contributed by atoms with Crippen molar-refractivity contribution >= 4 is 28.9 Å². The van der Waals surface area contributed by atoms with Crippen LogP contribution in [0.2, 0.25) is 5.02 Å². The number of halogens is 1. The zero-order chi connectivity index (χ0) is 15.6. The summed E-state index contributed by atoms with van der Waals surface area (Å²) in [5.41, 5.74) is 5.41. The maximum absolute atomic E-state index is 11.4. The molecule has 0 spiro atoms. The summed E-state index contributed by atoms with van der Waals surface area (Å²) in [5.74, 6) is -1.11. The number of rotatable bonds is 4. The molecule has 1 saturated heterocycles. The number of benzene rings is 1. The van der Waals surface area contributed by atoms with Crippen LogP contribution in [0.25, 0.3) is 0 Å². The zero-order valence-electron chi connectivity index (χ0n) is 11.8. The normalized spacial score (nSPS) is 17.5. The molecule has 1 aromatic rings. The fourth-order valence-corrected chi connectivity index (χ4v) is 2.97. The number of aliphatic hydroxyl groups is 1. The predicted molar refractivity (Wildman–Crippen MR) is 81.1 cm³/mol. The second-order valence-corrected chi connectivity index (χ2v) is 5.80. The number of anilines is 2. The van der Waals surface area contributed by atoms with Crippen LogP contribution in [0.3, 0.4) is 0 Å². The smallest absolute Gasteiger partial charge is 0.337 e. The van der Waals surface area contributed by atoms with E-state index in [1.54, 1.807) is 11.9 Å². The van der Waals surface area contributed by atoms with Gasteiger partial charge in [-0.3, -0.25) is 0 Å². The summed E-state index contributed by atoms with van der Waals surface area (Å²) in [6, 6.07) is 2.88. The van der Waals surface area contributed by atoms with E-state index in [1.807, 2.05) is 0 Å². The first kappa shape index (κ1) is 15.9. The number of hydrogen-bond donors (Lipinski definition) is 3. The van der Waals surface area contributed by atoms with Crippen LogP contribution in [0.15, 0.2) is 12.1 Å². The lowest BCUT2D eigenvalue weighted by Crippen LogP contribution is -2.46. The summed E-state index contributed by atoms with van der Waals surface area (Å²) in [6.45, 7) is 1.26. The molecule has 1 aliphatic heterocycles. The topological polar surface area (TPSA) is 96.0 Å². The molecule has 1 fully saturated rings. The van der Waals surface area contributed by atoms with E-state index in [0.717, 1.165) is 0 Å². The zero-order valence-corrected chi connectivity index (χ0v) is 12.6. The number of nitrogens with zero attached hydrogens (tertiary/aromatic N) is 1. The Balaban J connectivity index is 2.30. The Morgan fingerprint density at radius 3 is 2.67 bits per heavy atom. The first-order valence-corrected chi connectivity index (χ1v) is 7.04. The van der Waals surface area contributed by atoms with Crippen LogP contribution in [-0.4, -0.2) is 48.6 Å². The largest absolute Gasteiger partial charge is 0.478 e. The molecule has 0 atom stereocenters. The van der Waals surface area contributed by atoms with Crippen molar-refractivity contribution < 1.29 is 19.7 Å². The van der Waals surface area contributed by atoms with Gasteiger partial charge in [0.25, 0.3) is 0 Å². The molecule has 116 valence electrons. The summed E-state index contributed by atoms with van der Waals surface area (Å²) in [6.07, 6.45) is 1.01. The Kier molecular flexibility index (Phi) is 4.61. The molecule has 1 aromatic carbocycles. The quantitative estimate of drug-likeness (QED) is 0.731. The minimum absolute atomic E-state index is 0.0261. The first-order chi connectivity index (χ1) is 9.82. The molecule has 6 nitrogen and oxygen atoms in total. The summed E-state index contributed by atoms with van der Waals surface area (Å²) in [4.78, 5) is 13.0. The number of hydrogen-bond acceptors (Lipinski definition) is 5. The van der Waals surface area contributed by atoms with Crippen LogP contribution >= 0.6 is 11.6 Å². The Bertz CT molecular complexity index is 544. The molecule has 4 N–H and O–H groups in total. The Labute approximate surface area is 128 Å². The minimum atomic E-state index is -1.11. The molecule has 0 unspecified atom stereocenters. The fraction of sp³-hybridized carbons (Fsp3) is 0.500. The lowest BCUT2D eigenvalue weighted by molar-refractivity contribution is -0.0572. The van der Waals surface area contributed by atoms with Crippen molar-refractivity contribution in [2.24, 2.45) is 0 Å². The van der Waals surface area contributed by atoms with Crippen LogP contribution in [0, 0.1) is 0 Å². The van der Waals surface area contributed by atoms with Gasteiger partial charge in [-0.1, -0.05) is 11.6 Å². The van der Waals surface area contributed by atoms with E-state index in [1.165, 1.54) is 12.1 Å². The van der Waals surface area contributed by atoms with Gasteiger partial charge in [0, 0.05) is 45.3 Å². The van der Waals surface area contributed by atoms with Crippen LogP contribution in [0.5, 0.6) is 0 Å². The first-order valence-electron chi connectivity index (χ1n) is 6.66. The third-order valence-electron chi connectivity index (χ3n) is 3.65. The molecule has 1 aliphatic rings. The molecule has 0 saturated carbocycles. The highest BCUT2D eigenvalue weighted by atomic mass is 35.5. The van der Waals surface area contributed by atoms with E-state index in [9.17, 15) is 15.0 Å². The summed E-state index contributed by atoms with van der Waals surface area (Å²) < 4.78 is 5.24. The lowest BCUT2D eigenvalue weighted by atomic mass is 9.93. The van der Waals surface area contributed by atoms with Crippen molar-refractivity contribution in [2.45, 2.75) is 18.4 Å². The van der Waals surface area contributed by atoms with Crippen molar-refractivity contribution in [1.82, 2.24) is 0 Å². The van der Waals surface area contributed by atoms with E-state index in [2.05, 4.69) is 0 Å². The maximum Gasteiger partial charge on any atom is 0.337 e. The number of nitrogen functional groups attached to an aromatic ring is 1. The van der Waals surface area contributed by atoms with Crippen LogP contribution in [-0.2, 0) is 4.74 Å². The van der Waals surface area contributed by atoms with Crippen molar-refractivity contribution in [3.63, 3.8) is 0 Å². The number of carboxylic acids is 1. The molecular formula is C14H19ClN2O4. The number of likely N-dealkylation sites (N-methyl/N-ethyl adjacent to an activating group) is 1. The Morgan fingerprint density at radius 1 is 1.48 bits per heavy atom. The SMILES string of the molecule is CN(CC1(O)CCOCC1)c1c(Cl)cc(N)cc1C(=O)O. The minimum Gasteiger partial charge on any atom is -0.478 e. The third kappa shape index (κ3) is 3.58. The highest BCUT2D eigenvalue weighted by Gasteiger charge is 2.32. The highest BCUT2D eigenvalue weighted by molar-refractivity contribution is 6.34. The Morgan fingerprint density at radius 2 is 2.10 bits per heavy atom. The van der Waals surface area contributed by atoms with E-state index < -0.39 is 11.6 Å². The van der Waals surface area contributed by atoms with E-state index in [4.69, 9.17) is 22.1 Å². The molecule has 0 aromatic heterocycles. The highest BCUT2D eigenvalue weighted by Crippen LogP contribution is 2.34. The van der Waals surface area contributed by atoms with Crippen molar-refractivity contribution in [2.75, 3.05) is 37.4 Å². The number of carboxylic acid groups (broad SMARTS) is 1. The van der Waals surface area contributed by atoms with Gasteiger partial charge in [-0.15, -0.1) is 0 Å². The van der Waals surface area contributed by atoms with Gasteiger partial charge in [0.2, 0.25) is 0 Å². The van der Waals surface area contributed by atoms with Crippen LogP contribution in [0.1, 0.15) is 23.2 Å². The van der Waals surface area contributed by atoms with Crippen LogP contribution in [0.4, 0.5) is 11.4 Å². The molecule has 0 bridgehead atoms. The summed E-state index contributed by atoms with van der Waals surface area (Å²) in [5, 5.41) is 20.1. The van der Waals surface area contributed by atoms with Gasteiger partial charge in [-0.25, -0.2) is 4.79 Å². The Hall–Kier alpha value is -1.50. The molecule has 0 aliphatic carbocycles. The second-order valence-electron chi connectivity index (χ2n) is 5.40. The second kappa shape index (κ2) is 6.09. The fourth-order valence-electron chi connectivity index (χ4n) is 2.60. The van der Waals surface area contributed by atoms with Gasteiger partial charge in [0.05, 0.1) is 21.9 Å². The average molecular weight is 315 g/mol. The number of carbonyl (C=O) groups is 1. The molecule has 0 radical (unpaired) electrons. The molecule has 7 heteroatoms. The maximum atomic E-state index is 11.4. The molecular weight excluding hydrogens is 296 g/mol. The molecule has 2 rings (SSSR count). The van der Waals surface area contributed by atoms with Crippen LogP contribution < -0.4 is 10.6 Å². The number of ether oxygens (including phenoxy) is 1. The van der Waals surface area contributed by atoms with Gasteiger partial charge in [-0.05, 0) is 12.1 Å². The molecule has 21 heavy (non-hydrogen) atoms. The standard InChI is InChI=1S/C14H19ClN2O4/c1-17(8-14(20)2-4-21-5-3-14)12-10(13(18)19)6-9(16)7-11(12)15/h6-7,20H,2-5,8,16H2,1H3,(H,18,19). The summed E-state index contributed by atoms with van der Waals surface area (Å²) in [7, 11) is 1.71. The lowest BCUT2D eigenvalue weighted by Gasteiger charge is -2.36. The molecule has 0 amide bonds. The van der Waals surface area contributed by atoms with Crippen molar-refractivity contribution in [1.29, 1.82) is 0 Å². The van der Waals surface area contributed by atoms with Gasteiger partial charge < -0.3 is 25.6 Å². The number of nitrogens with two attached hydrogens (primary N) is 1. The van der Waals surface area contributed by atoms with Gasteiger partial charge in [0.1, 0.15) is 0 Å². The van der Waals surface area contributed by atoms with Crippen molar-refractivity contribution in [3.8, 4) is 0 Å². The third-order valence-corrected chi connectivity index (χ3v) is 3.94. The van der Waals surface area contributed by atoms with Crippen molar-refractivity contribution in [3.05, 3.63) is 22.7 Å². The van der Waals surface area contributed by atoms with Gasteiger partial charge in [0.15, 0.2) is 0 Å². The predicted octanol–water partition coefficient (Wildman–Crippen LogP) is 1.60. The van der Waals surface area contributed by atoms with Gasteiger partial charge in [-0.2, -0.15) is 0 Å². The van der Waals surface area contributed by atoms with Gasteiger partial charge >= 0.3 is 5.97 Å². The van der Waals surface area contributed by atoms with E-state index >= 15 is 0 Å². The van der Waals surface area contributed by atoms with E-state index in [-0.39, 0.29) is 17.1 Å². The van der Waals surface area contributed by atoms with E-state index in [0.29, 0.717) is 37.4 Å². The number of aromatic carboxylic acids is 1. The summed E-state index contributed by atoms with van der Waals surface area (Å²) >= 11 is 6.15. The molecule has 1 heterocycles. The average Bonchev–Trinajstić information content (AvgIpc) is 2.37.